The molecular weight excluding hydrogens is 232 g/mol. The van der Waals surface area contributed by atoms with Crippen molar-refractivity contribution in [2.45, 2.75) is 13.3 Å². The molecule has 1 aromatic rings. The van der Waals surface area contributed by atoms with E-state index in [1.165, 1.54) is 0 Å². The highest BCUT2D eigenvalue weighted by Gasteiger charge is 2.17. The quantitative estimate of drug-likeness (QED) is 0.831. The molecule has 0 fully saturated rings. The van der Waals surface area contributed by atoms with Crippen molar-refractivity contribution in [3.05, 3.63) is 18.2 Å². The lowest BCUT2D eigenvalue weighted by atomic mass is 10.2. The van der Waals surface area contributed by atoms with Crippen molar-refractivity contribution in [2.24, 2.45) is 5.73 Å². The van der Waals surface area contributed by atoms with Gasteiger partial charge in [-0.2, -0.15) is 0 Å². The first-order chi connectivity index (χ1) is 8.67. The molecule has 100 valence electrons. The molecule has 0 unspecified atom stereocenters. The molecule has 5 heteroatoms. The fourth-order valence-electron chi connectivity index (χ4n) is 1.72. The van der Waals surface area contributed by atoms with Gasteiger partial charge in [-0.25, -0.2) is 0 Å². The van der Waals surface area contributed by atoms with Crippen LogP contribution in [0.5, 0.6) is 11.5 Å². The van der Waals surface area contributed by atoms with Gasteiger partial charge in [0.1, 0.15) is 11.5 Å². The molecule has 0 aliphatic rings. The van der Waals surface area contributed by atoms with Crippen LogP contribution in [0.4, 0.5) is 5.69 Å². The Kier molecular flexibility index (Phi) is 5.45. The summed E-state index contributed by atoms with van der Waals surface area (Å²) in [6.07, 6.45) is 0.848. The average Bonchev–Trinajstić information content (AvgIpc) is 2.43. The van der Waals surface area contributed by atoms with Gasteiger partial charge in [0.25, 0.3) is 0 Å². The highest BCUT2D eigenvalue weighted by Crippen LogP contribution is 2.32. The van der Waals surface area contributed by atoms with Crippen LogP contribution >= 0.6 is 0 Å². The molecule has 0 bridgehead atoms. The van der Waals surface area contributed by atoms with Crippen molar-refractivity contribution in [1.29, 1.82) is 0 Å². The molecule has 0 atom stereocenters. The lowest BCUT2D eigenvalue weighted by Gasteiger charge is -2.24. The van der Waals surface area contributed by atoms with E-state index in [1.807, 2.05) is 6.92 Å². The molecule has 1 rings (SSSR count). The monoisotopic (exact) mass is 252 g/mol. The number of hydrogen-bond donors (Lipinski definition) is 1. The first-order valence-electron chi connectivity index (χ1n) is 5.90. The van der Waals surface area contributed by atoms with E-state index in [2.05, 4.69) is 0 Å². The maximum Gasteiger partial charge on any atom is 0.240 e. The van der Waals surface area contributed by atoms with E-state index in [0.29, 0.717) is 18.0 Å². The van der Waals surface area contributed by atoms with Crippen LogP contribution in [0.2, 0.25) is 0 Å². The van der Waals surface area contributed by atoms with Gasteiger partial charge < -0.3 is 20.1 Å². The maximum atomic E-state index is 11.8. The lowest BCUT2D eigenvalue weighted by Crippen LogP contribution is -2.36. The van der Waals surface area contributed by atoms with Gasteiger partial charge in [-0.3, -0.25) is 4.79 Å². The summed E-state index contributed by atoms with van der Waals surface area (Å²) in [6, 6.07) is 5.35. The lowest BCUT2D eigenvalue weighted by molar-refractivity contribution is -0.117. The summed E-state index contributed by atoms with van der Waals surface area (Å²) in [5, 5.41) is 0. The Morgan fingerprint density at radius 3 is 2.56 bits per heavy atom. The highest BCUT2D eigenvalue weighted by atomic mass is 16.5. The zero-order valence-corrected chi connectivity index (χ0v) is 11.1. The number of carbonyl (C=O) groups is 1. The van der Waals surface area contributed by atoms with E-state index in [0.717, 1.165) is 12.1 Å². The van der Waals surface area contributed by atoms with E-state index in [4.69, 9.17) is 15.2 Å². The molecule has 0 saturated carbocycles. The van der Waals surface area contributed by atoms with E-state index in [-0.39, 0.29) is 12.5 Å². The second-order valence-electron chi connectivity index (χ2n) is 3.79. The summed E-state index contributed by atoms with van der Waals surface area (Å²) in [4.78, 5) is 13.5. The number of hydrogen-bond acceptors (Lipinski definition) is 4. The summed E-state index contributed by atoms with van der Waals surface area (Å²) in [6.45, 7) is 2.60. The molecule has 18 heavy (non-hydrogen) atoms. The van der Waals surface area contributed by atoms with Crippen molar-refractivity contribution >= 4 is 11.6 Å². The highest BCUT2D eigenvalue weighted by molar-refractivity contribution is 5.96. The molecule has 0 aliphatic carbocycles. The van der Waals surface area contributed by atoms with Crippen LogP contribution in [-0.2, 0) is 4.79 Å². The Hall–Kier alpha value is -1.75. The Bertz CT molecular complexity index is 407. The van der Waals surface area contributed by atoms with Gasteiger partial charge in [0.15, 0.2) is 0 Å². The summed E-state index contributed by atoms with van der Waals surface area (Å²) in [7, 11) is 3.15. The second kappa shape index (κ2) is 6.86. The average molecular weight is 252 g/mol. The van der Waals surface area contributed by atoms with E-state index in [1.54, 1.807) is 37.3 Å². The minimum Gasteiger partial charge on any atom is -0.497 e. The number of amides is 1. The van der Waals surface area contributed by atoms with Gasteiger partial charge in [-0.1, -0.05) is 6.92 Å². The van der Waals surface area contributed by atoms with Gasteiger partial charge in [-0.05, 0) is 18.6 Å². The third kappa shape index (κ3) is 3.13. The van der Waals surface area contributed by atoms with Crippen LogP contribution in [-0.4, -0.2) is 33.2 Å². The maximum absolute atomic E-state index is 11.8. The van der Waals surface area contributed by atoms with E-state index >= 15 is 0 Å². The molecule has 1 aromatic carbocycles. The zero-order chi connectivity index (χ0) is 13.5. The summed E-state index contributed by atoms with van der Waals surface area (Å²) < 4.78 is 10.4. The van der Waals surface area contributed by atoms with Crippen LogP contribution in [0.15, 0.2) is 18.2 Å². The molecule has 0 radical (unpaired) electrons. The van der Waals surface area contributed by atoms with Crippen LogP contribution in [0, 0.1) is 0 Å². The molecular formula is C13H20N2O3. The summed E-state index contributed by atoms with van der Waals surface area (Å²) >= 11 is 0. The van der Waals surface area contributed by atoms with Crippen LogP contribution in [0.1, 0.15) is 13.3 Å². The van der Waals surface area contributed by atoms with Crippen molar-refractivity contribution in [2.75, 3.05) is 32.2 Å². The Labute approximate surface area is 107 Å². The number of carbonyl (C=O) groups excluding carboxylic acids is 1. The van der Waals surface area contributed by atoms with Crippen LogP contribution in [0.25, 0.3) is 0 Å². The minimum absolute atomic E-state index is 0.0187. The third-order valence-electron chi connectivity index (χ3n) is 2.60. The number of rotatable bonds is 6. The van der Waals surface area contributed by atoms with Crippen LogP contribution in [0.3, 0.4) is 0 Å². The molecule has 0 aliphatic heterocycles. The molecule has 2 N–H and O–H groups in total. The molecule has 0 aromatic heterocycles. The van der Waals surface area contributed by atoms with Gasteiger partial charge in [-0.15, -0.1) is 0 Å². The SMILES string of the molecule is CCCN(C(=O)CN)c1ccc(OC)cc1OC. The number of anilines is 1. The Morgan fingerprint density at radius 1 is 1.33 bits per heavy atom. The third-order valence-corrected chi connectivity index (χ3v) is 2.60. The molecule has 5 nitrogen and oxygen atoms in total. The number of nitrogens with zero attached hydrogens (tertiary/aromatic N) is 1. The molecule has 1 amide bonds. The number of ether oxygens (including phenoxy) is 2. The first kappa shape index (κ1) is 14.3. The fraction of sp³-hybridized carbons (Fsp3) is 0.462. The van der Waals surface area contributed by atoms with Crippen molar-refractivity contribution in [3.8, 4) is 11.5 Å². The standard InChI is InChI=1S/C13H20N2O3/c1-4-7-15(13(16)9-14)11-6-5-10(17-2)8-12(11)18-3/h5-6,8H,4,7,9,14H2,1-3H3. The normalized spacial score (nSPS) is 10.0. The Balaban J connectivity index is 3.14. The van der Waals surface area contributed by atoms with Gasteiger partial charge in [0.05, 0.1) is 26.5 Å². The topological polar surface area (TPSA) is 64.8 Å². The Morgan fingerprint density at radius 2 is 2.06 bits per heavy atom. The van der Waals surface area contributed by atoms with Crippen molar-refractivity contribution in [3.63, 3.8) is 0 Å². The number of methoxy groups -OCH3 is 2. The molecule has 0 spiro atoms. The number of benzene rings is 1. The van der Waals surface area contributed by atoms with E-state index < -0.39 is 0 Å². The molecule has 0 heterocycles. The fourth-order valence-corrected chi connectivity index (χ4v) is 1.72. The first-order valence-corrected chi connectivity index (χ1v) is 5.90. The van der Waals surface area contributed by atoms with Gasteiger partial charge in [0.2, 0.25) is 5.91 Å². The summed E-state index contributed by atoms with van der Waals surface area (Å²) in [5.74, 6) is 1.16. The van der Waals surface area contributed by atoms with Crippen molar-refractivity contribution < 1.29 is 14.3 Å². The predicted octanol–water partition coefficient (Wildman–Crippen LogP) is 1.41. The van der Waals surface area contributed by atoms with Crippen LogP contribution < -0.4 is 20.1 Å². The largest absolute Gasteiger partial charge is 0.497 e. The van der Waals surface area contributed by atoms with E-state index in [9.17, 15) is 4.79 Å². The predicted molar refractivity (Wildman–Crippen MR) is 71.2 cm³/mol. The molecule has 0 saturated heterocycles. The van der Waals surface area contributed by atoms with Gasteiger partial charge >= 0.3 is 0 Å². The van der Waals surface area contributed by atoms with Gasteiger partial charge in [0, 0.05) is 12.6 Å². The number of nitrogens with two attached hydrogens (primary N) is 1. The zero-order valence-electron chi connectivity index (χ0n) is 11.1. The van der Waals surface area contributed by atoms with Crippen molar-refractivity contribution in [1.82, 2.24) is 0 Å². The second-order valence-corrected chi connectivity index (χ2v) is 3.79. The summed E-state index contributed by atoms with van der Waals surface area (Å²) in [5.41, 5.74) is 6.15. The minimum atomic E-state index is -0.125. The smallest absolute Gasteiger partial charge is 0.240 e.